The second-order valence-electron chi connectivity index (χ2n) is 5.38. The first-order chi connectivity index (χ1) is 12.1. The number of nitrogens with zero attached hydrogens (tertiary/aromatic N) is 3. The Morgan fingerprint density at radius 3 is 2.36 bits per heavy atom. The summed E-state index contributed by atoms with van der Waals surface area (Å²) < 4.78 is 5.80. The van der Waals surface area contributed by atoms with Gasteiger partial charge in [0.2, 0.25) is 5.89 Å². The smallest absolute Gasteiger partial charge is 0.252 e. The van der Waals surface area contributed by atoms with Gasteiger partial charge in [0.15, 0.2) is 11.3 Å². The van der Waals surface area contributed by atoms with Crippen molar-refractivity contribution in [3.8, 4) is 11.5 Å². The molecule has 0 fully saturated rings. The van der Waals surface area contributed by atoms with Crippen LogP contribution in [0.3, 0.4) is 0 Å². The van der Waals surface area contributed by atoms with E-state index in [2.05, 4.69) is 20.3 Å². The highest BCUT2D eigenvalue weighted by Crippen LogP contribution is 2.33. The zero-order valence-corrected chi connectivity index (χ0v) is 14.6. The summed E-state index contributed by atoms with van der Waals surface area (Å²) in [5, 5.41) is 4.34. The molecule has 0 saturated carbocycles. The van der Waals surface area contributed by atoms with Gasteiger partial charge in [-0.05, 0) is 31.2 Å². The fraction of sp³-hybridized carbons (Fsp3) is 0.0556. The monoisotopic (exact) mass is 370 g/mol. The number of anilines is 2. The van der Waals surface area contributed by atoms with Gasteiger partial charge in [-0.1, -0.05) is 47.5 Å². The topological polar surface area (TPSA) is 63.8 Å². The molecule has 2 heterocycles. The lowest BCUT2D eigenvalue weighted by molar-refractivity contribution is 0.606. The molecule has 0 radical (unpaired) electrons. The molecular formula is C18H12Cl2N4O. The number of benzene rings is 2. The van der Waals surface area contributed by atoms with Crippen LogP contribution in [0.5, 0.6) is 0 Å². The van der Waals surface area contributed by atoms with Crippen molar-refractivity contribution in [3.05, 3.63) is 64.4 Å². The van der Waals surface area contributed by atoms with Crippen molar-refractivity contribution < 1.29 is 4.42 Å². The number of fused-ring (bicyclic) bond motifs is 1. The standard InChI is InChI=1S/C18H12Cl2N4O/c1-10-21-16(23-14-9-5-4-8-13(14)20)15-18(22-10)25-17(24-15)11-6-2-3-7-12(11)19/h2-9H,1H3,(H,21,22,23). The van der Waals surface area contributed by atoms with Crippen molar-refractivity contribution in [2.24, 2.45) is 0 Å². The summed E-state index contributed by atoms with van der Waals surface area (Å²) in [7, 11) is 0. The Balaban J connectivity index is 1.85. The molecule has 0 aliphatic heterocycles. The van der Waals surface area contributed by atoms with Crippen LogP contribution in [-0.2, 0) is 0 Å². The van der Waals surface area contributed by atoms with E-state index in [0.717, 1.165) is 5.69 Å². The van der Waals surface area contributed by atoms with Crippen LogP contribution in [0.15, 0.2) is 52.9 Å². The Hall–Kier alpha value is -2.63. The van der Waals surface area contributed by atoms with Crippen molar-refractivity contribution in [1.82, 2.24) is 15.0 Å². The van der Waals surface area contributed by atoms with E-state index in [4.69, 9.17) is 27.6 Å². The van der Waals surface area contributed by atoms with Crippen LogP contribution < -0.4 is 5.32 Å². The van der Waals surface area contributed by atoms with Crippen molar-refractivity contribution in [3.63, 3.8) is 0 Å². The molecule has 0 atom stereocenters. The van der Waals surface area contributed by atoms with E-state index < -0.39 is 0 Å². The third-order valence-corrected chi connectivity index (χ3v) is 4.26. The number of aromatic nitrogens is 3. The van der Waals surface area contributed by atoms with E-state index in [1.165, 1.54) is 0 Å². The predicted octanol–water partition coefficient (Wildman–Crippen LogP) is 5.64. The summed E-state index contributed by atoms with van der Waals surface area (Å²) in [5.41, 5.74) is 2.33. The molecule has 0 aliphatic carbocycles. The Kier molecular flexibility index (Phi) is 4.03. The van der Waals surface area contributed by atoms with Gasteiger partial charge >= 0.3 is 0 Å². The second kappa shape index (κ2) is 6.35. The summed E-state index contributed by atoms with van der Waals surface area (Å²) in [6, 6.07) is 14.8. The van der Waals surface area contributed by atoms with Crippen molar-refractivity contribution in [1.29, 1.82) is 0 Å². The molecule has 4 aromatic rings. The van der Waals surface area contributed by atoms with Crippen LogP contribution in [0.1, 0.15) is 5.82 Å². The minimum absolute atomic E-state index is 0.386. The van der Waals surface area contributed by atoms with E-state index in [0.29, 0.717) is 44.4 Å². The highest BCUT2D eigenvalue weighted by atomic mass is 35.5. The van der Waals surface area contributed by atoms with Crippen LogP contribution in [0.25, 0.3) is 22.7 Å². The van der Waals surface area contributed by atoms with E-state index >= 15 is 0 Å². The van der Waals surface area contributed by atoms with E-state index in [1.54, 1.807) is 19.1 Å². The minimum atomic E-state index is 0.386. The molecule has 2 aromatic heterocycles. The molecule has 0 unspecified atom stereocenters. The summed E-state index contributed by atoms with van der Waals surface area (Å²) in [6.45, 7) is 1.79. The Morgan fingerprint density at radius 2 is 1.60 bits per heavy atom. The van der Waals surface area contributed by atoms with Gasteiger partial charge < -0.3 is 9.73 Å². The maximum absolute atomic E-state index is 6.24. The number of rotatable bonds is 3. The Morgan fingerprint density at radius 1 is 0.880 bits per heavy atom. The molecule has 25 heavy (non-hydrogen) atoms. The summed E-state index contributed by atoms with van der Waals surface area (Å²) >= 11 is 12.5. The first-order valence-corrected chi connectivity index (χ1v) is 8.29. The number of oxazole rings is 1. The predicted molar refractivity (Wildman–Crippen MR) is 99.5 cm³/mol. The van der Waals surface area contributed by atoms with Gasteiger partial charge in [0.25, 0.3) is 5.71 Å². The zero-order valence-electron chi connectivity index (χ0n) is 13.1. The normalized spacial score (nSPS) is 11.0. The second-order valence-corrected chi connectivity index (χ2v) is 6.19. The molecule has 1 N–H and O–H groups in total. The molecule has 2 aromatic carbocycles. The van der Waals surface area contributed by atoms with Gasteiger partial charge in [0.1, 0.15) is 5.82 Å². The van der Waals surface area contributed by atoms with Gasteiger partial charge in [0, 0.05) is 0 Å². The molecule has 0 amide bonds. The van der Waals surface area contributed by atoms with Crippen LogP contribution in [0.4, 0.5) is 11.5 Å². The number of halogens is 2. The summed E-state index contributed by atoms with van der Waals surface area (Å²) in [5.74, 6) is 1.48. The maximum Gasteiger partial charge on any atom is 0.252 e. The number of nitrogens with one attached hydrogen (secondary N) is 1. The van der Waals surface area contributed by atoms with Crippen LogP contribution in [-0.4, -0.2) is 15.0 Å². The maximum atomic E-state index is 6.24. The lowest BCUT2D eigenvalue weighted by atomic mass is 10.2. The molecule has 7 heteroatoms. The van der Waals surface area contributed by atoms with Crippen molar-refractivity contribution >= 4 is 45.9 Å². The lowest BCUT2D eigenvalue weighted by Crippen LogP contribution is -1.98. The number of hydrogen-bond acceptors (Lipinski definition) is 5. The average molecular weight is 371 g/mol. The quantitative estimate of drug-likeness (QED) is 0.505. The van der Waals surface area contributed by atoms with Gasteiger partial charge in [-0.3, -0.25) is 0 Å². The summed E-state index contributed by atoms with van der Waals surface area (Å²) in [6.07, 6.45) is 0. The fourth-order valence-electron chi connectivity index (χ4n) is 2.46. The SMILES string of the molecule is Cc1nc(Nc2ccccc2Cl)c2nc(-c3ccccc3Cl)oc2n1. The number of hydrogen-bond donors (Lipinski definition) is 1. The number of aryl methyl sites for hydroxylation is 1. The fourth-order valence-corrected chi connectivity index (χ4v) is 2.86. The van der Waals surface area contributed by atoms with E-state index in [-0.39, 0.29) is 0 Å². The van der Waals surface area contributed by atoms with Gasteiger partial charge in [-0.2, -0.15) is 4.98 Å². The van der Waals surface area contributed by atoms with Gasteiger partial charge in [0.05, 0.1) is 21.3 Å². The van der Waals surface area contributed by atoms with Crippen molar-refractivity contribution in [2.45, 2.75) is 6.92 Å². The molecule has 0 aliphatic rings. The zero-order chi connectivity index (χ0) is 17.4. The lowest BCUT2D eigenvalue weighted by Gasteiger charge is -2.07. The van der Waals surface area contributed by atoms with Gasteiger partial charge in [-0.15, -0.1) is 0 Å². The molecular weight excluding hydrogens is 359 g/mol. The average Bonchev–Trinajstić information content (AvgIpc) is 3.01. The van der Waals surface area contributed by atoms with Crippen molar-refractivity contribution in [2.75, 3.05) is 5.32 Å². The molecule has 0 spiro atoms. The third kappa shape index (κ3) is 3.04. The first-order valence-electron chi connectivity index (χ1n) is 7.53. The third-order valence-electron chi connectivity index (χ3n) is 3.60. The Bertz CT molecular complexity index is 1080. The van der Waals surface area contributed by atoms with Gasteiger partial charge in [-0.25, -0.2) is 9.97 Å². The van der Waals surface area contributed by atoms with Crippen LogP contribution in [0, 0.1) is 6.92 Å². The van der Waals surface area contributed by atoms with Crippen LogP contribution in [0.2, 0.25) is 10.0 Å². The molecule has 5 nitrogen and oxygen atoms in total. The molecule has 124 valence electrons. The summed E-state index contributed by atoms with van der Waals surface area (Å²) in [4.78, 5) is 13.3. The molecule has 0 bridgehead atoms. The van der Waals surface area contributed by atoms with Crippen LogP contribution >= 0.6 is 23.2 Å². The molecule has 4 rings (SSSR count). The largest absolute Gasteiger partial charge is 0.417 e. The highest BCUT2D eigenvalue weighted by molar-refractivity contribution is 6.33. The van der Waals surface area contributed by atoms with E-state index in [9.17, 15) is 0 Å². The molecule has 0 saturated heterocycles. The highest BCUT2D eigenvalue weighted by Gasteiger charge is 2.17. The first kappa shape index (κ1) is 15.9. The minimum Gasteiger partial charge on any atom is -0.417 e. The van der Waals surface area contributed by atoms with E-state index in [1.807, 2.05) is 36.4 Å². The Labute approximate surface area is 153 Å². The number of para-hydroxylation sites is 1.